The van der Waals surface area contributed by atoms with Crippen LogP contribution in [0.5, 0.6) is 11.5 Å². The van der Waals surface area contributed by atoms with Crippen molar-refractivity contribution in [1.82, 2.24) is 5.32 Å². The average Bonchev–Trinajstić information content (AvgIpc) is 3.63. The van der Waals surface area contributed by atoms with Crippen LogP contribution in [0.25, 0.3) is 0 Å². The third-order valence-electron chi connectivity index (χ3n) is 8.78. The summed E-state index contributed by atoms with van der Waals surface area (Å²) in [6.07, 6.45) is 17.5. The molecule has 3 unspecified atom stereocenters. The van der Waals surface area contributed by atoms with Gasteiger partial charge in [0, 0.05) is 26.1 Å². The van der Waals surface area contributed by atoms with E-state index in [-0.39, 0.29) is 30.0 Å². The second kappa shape index (κ2) is 15.1. The van der Waals surface area contributed by atoms with E-state index in [0.29, 0.717) is 24.8 Å². The van der Waals surface area contributed by atoms with E-state index in [9.17, 15) is 15.3 Å². The van der Waals surface area contributed by atoms with Gasteiger partial charge in [0.2, 0.25) is 0 Å². The molecule has 7 nitrogen and oxygen atoms in total. The van der Waals surface area contributed by atoms with Crippen molar-refractivity contribution in [2.45, 2.75) is 97.2 Å². The normalized spacial score (nSPS) is 21.6. The van der Waals surface area contributed by atoms with E-state index < -0.39 is 0 Å². The number of aromatic hydroxyl groups is 1. The Morgan fingerprint density at radius 1 is 1.22 bits per heavy atom. The molecule has 1 fully saturated rings. The lowest BCUT2D eigenvalue weighted by Gasteiger charge is -2.32. The van der Waals surface area contributed by atoms with E-state index >= 15 is 0 Å². The highest BCUT2D eigenvalue weighted by Crippen LogP contribution is 2.46. The van der Waals surface area contributed by atoms with Gasteiger partial charge in [-0.1, -0.05) is 38.7 Å². The number of nitrogens with zero attached hydrogens (tertiary/aromatic N) is 1. The zero-order valence-electron chi connectivity index (χ0n) is 25.2. The zero-order valence-corrected chi connectivity index (χ0v) is 25.2. The molecule has 4 rings (SSSR count). The summed E-state index contributed by atoms with van der Waals surface area (Å²) in [6.45, 7) is 8.09. The Bertz CT molecular complexity index is 1060. The van der Waals surface area contributed by atoms with E-state index in [2.05, 4.69) is 31.3 Å². The maximum Gasteiger partial charge on any atom is 0.184 e. The van der Waals surface area contributed by atoms with Crippen LogP contribution < -0.4 is 10.1 Å². The Balaban J connectivity index is 1.37. The van der Waals surface area contributed by atoms with E-state index in [0.717, 1.165) is 87.3 Å². The second-order valence-electron chi connectivity index (χ2n) is 12.3. The number of nitrogens with one attached hydrogen (secondary N) is 1. The minimum Gasteiger partial charge on any atom is -0.504 e. The van der Waals surface area contributed by atoms with Crippen LogP contribution in [0.1, 0.15) is 84.1 Å². The minimum absolute atomic E-state index is 0.0683. The molecule has 0 spiro atoms. The standard InChI is InChI=1S/C34H50N2O5/c1-4-5-9-31-28(22-37)17-29(41-31)12-10-26-11-13-30(39)32(16-26)40-23-34(14-7-6-8-15-34)33-18-27(21-36-33)24(2)19-35-20-25(3)38/h11,13,16-18,21,24-25,31,35,37-38,41H,4-10,12,14-15,19-20,22-23H2,1-3H3/p+1. The number of rotatable bonds is 16. The van der Waals surface area contributed by atoms with Gasteiger partial charge in [-0.15, -0.1) is 16.6 Å². The highest BCUT2D eigenvalue weighted by Gasteiger charge is 2.46. The van der Waals surface area contributed by atoms with Crippen LogP contribution in [0.3, 0.4) is 0 Å². The van der Waals surface area contributed by atoms with Crippen molar-refractivity contribution >= 4 is 6.21 Å². The molecule has 3 atom stereocenters. The van der Waals surface area contributed by atoms with Gasteiger partial charge >= 0.3 is 0 Å². The molecule has 0 radical (unpaired) electrons. The van der Waals surface area contributed by atoms with Gasteiger partial charge in [-0.05, 0) is 63.6 Å². The number of aliphatic imine (C=N–C) groups is 1. The van der Waals surface area contributed by atoms with Gasteiger partial charge in [-0.25, -0.2) is 0 Å². The van der Waals surface area contributed by atoms with Crippen LogP contribution in [-0.2, 0) is 6.42 Å². The van der Waals surface area contributed by atoms with Gasteiger partial charge in [-0.3, -0.25) is 0 Å². The highest BCUT2D eigenvalue weighted by atomic mass is 16.5. The Morgan fingerprint density at radius 3 is 2.76 bits per heavy atom. The van der Waals surface area contributed by atoms with Crippen molar-refractivity contribution in [3.63, 3.8) is 0 Å². The average molecular weight is 568 g/mol. The summed E-state index contributed by atoms with van der Waals surface area (Å²) in [5.41, 5.74) is 3.05. The molecule has 0 bridgehead atoms. The highest BCUT2D eigenvalue weighted by molar-refractivity contribution is 5.83. The van der Waals surface area contributed by atoms with Gasteiger partial charge in [0.25, 0.3) is 0 Å². The number of aliphatic hydroxyl groups is 4. The lowest BCUT2D eigenvalue weighted by atomic mass is 9.72. The molecule has 3 aliphatic rings. The van der Waals surface area contributed by atoms with Crippen LogP contribution >= 0.6 is 0 Å². The minimum atomic E-state index is -0.358. The molecular formula is C34H51N2O5+. The van der Waals surface area contributed by atoms with Crippen LogP contribution in [0.2, 0.25) is 0 Å². The number of aryl methyl sites for hydroxylation is 1. The smallest absolute Gasteiger partial charge is 0.184 e. The molecule has 0 amide bonds. The number of aliphatic hydroxyl groups excluding tert-OH is 2. The Kier molecular flexibility index (Phi) is 11.6. The number of hydrogen-bond donors (Lipinski definition) is 4. The van der Waals surface area contributed by atoms with Gasteiger partial charge < -0.3 is 30.1 Å². The maximum atomic E-state index is 10.7. The number of allylic oxidation sites excluding steroid dienone is 1. The SMILES string of the molecule is CCCCC1[OH+][C-](CCc2ccc(O)c(OCC3(C4=C[C+](C(C)CNCC(C)O)C=N4)CCCCC3)c2)C=C1CO. The molecule has 1 aromatic rings. The van der Waals surface area contributed by atoms with Crippen molar-refractivity contribution in [2.24, 2.45) is 16.3 Å². The summed E-state index contributed by atoms with van der Waals surface area (Å²) in [5.74, 6) is 2.19. The van der Waals surface area contributed by atoms with Gasteiger partial charge in [-0.2, -0.15) is 0 Å². The van der Waals surface area contributed by atoms with Crippen LogP contribution in [0.4, 0.5) is 0 Å². The largest absolute Gasteiger partial charge is 0.504 e. The predicted molar refractivity (Wildman–Crippen MR) is 165 cm³/mol. The maximum absolute atomic E-state index is 10.7. The second-order valence-corrected chi connectivity index (χ2v) is 12.3. The predicted octanol–water partition coefficient (Wildman–Crippen LogP) is 5.35. The number of ether oxygens (including phenoxy) is 2. The first-order chi connectivity index (χ1) is 19.8. The van der Waals surface area contributed by atoms with E-state index in [4.69, 9.17) is 14.5 Å². The third kappa shape index (κ3) is 8.54. The molecule has 1 aromatic carbocycles. The zero-order chi connectivity index (χ0) is 29.2. The molecule has 1 aliphatic carbocycles. The fourth-order valence-corrected chi connectivity index (χ4v) is 6.15. The number of benzene rings is 1. The van der Waals surface area contributed by atoms with E-state index in [1.807, 2.05) is 18.3 Å². The quantitative estimate of drug-likeness (QED) is 0.159. The lowest BCUT2D eigenvalue weighted by Crippen LogP contribution is -2.33. The third-order valence-corrected chi connectivity index (χ3v) is 8.78. The first-order valence-electron chi connectivity index (χ1n) is 15.7. The topological polar surface area (TPSA) is 107 Å². The van der Waals surface area contributed by atoms with E-state index in [1.54, 1.807) is 13.0 Å². The Labute approximate surface area is 246 Å². The first-order valence-corrected chi connectivity index (χ1v) is 15.7. The monoisotopic (exact) mass is 567 g/mol. The van der Waals surface area contributed by atoms with Gasteiger partial charge in [0.15, 0.2) is 17.2 Å². The molecule has 0 saturated heterocycles. The lowest BCUT2D eigenvalue weighted by molar-refractivity contribution is -0.0550. The van der Waals surface area contributed by atoms with Crippen LogP contribution in [0.15, 0.2) is 46.6 Å². The summed E-state index contributed by atoms with van der Waals surface area (Å²) in [6, 6.07) is 5.65. The molecule has 2 heterocycles. The summed E-state index contributed by atoms with van der Waals surface area (Å²) >= 11 is 0. The number of phenolic OH excluding ortho intramolecular Hbond substituents is 1. The van der Waals surface area contributed by atoms with Crippen molar-refractivity contribution in [2.75, 3.05) is 26.3 Å². The summed E-state index contributed by atoms with van der Waals surface area (Å²) < 4.78 is 11.3. The molecular weight excluding hydrogens is 516 g/mol. The fraction of sp³-hybridized carbons (Fsp3) is 0.618. The molecule has 7 heteroatoms. The molecule has 226 valence electrons. The number of unbranched alkanes of at least 4 members (excludes halogenated alkanes) is 1. The molecule has 5 N–H and O–H groups in total. The Morgan fingerprint density at radius 2 is 2.02 bits per heavy atom. The molecule has 0 aromatic heterocycles. The number of phenols is 1. The summed E-state index contributed by atoms with van der Waals surface area (Å²) in [7, 11) is 0. The van der Waals surface area contributed by atoms with Crippen molar-refractivity contribution < 1.29 is 24.8 Å². The van der Waals surface area contributed by atoms with Gasteiger partial charge in [0.05, 0.1) is 18.1 Å². The fourth-order valence-electron chi connectivity index (χ4n) is 6.15. The molecule has 41 heavy (non-hydrogen) atoms. The Hall–Kier alpha value is -2.45. The molecule has 1 saturated carbocycles. The molecule has 2 aliphatic heterocycles. The van der Waals surface area contributed by atoms with Crippen molar-refractivity contribution in [3.8, 4) is 11.5 Å². The van der Waals surface area contributed by atoms with Crippen LogP contribution in [0, 0.1) is 23.4 Å². The van der Waals surface area contributed by atoms with Crippen LogP contribution in [-0.4, -0.2) is 64.8 Å². The summed E-state index contributed by atoms with van der Waals surface area (Å²) in [5, 5.41) is 33.3. The number of hydrogen-bond acceptors (Lipinski definition) is 6. The first kappa shape index (κ1) is 31.5. The van der Waals surface area contributed by atoms with E-state index in [1.165, 1.54) is 12.3 Å². The van der Waals surface area contributed by atoms with Crippen molar-refractivity contribution in [3.05, 3.63) is 59.2 Å². The van der Waals surface area contributed by atoms with Gasteiger partial charge in [0.1, 0.15) is 36.3 Å². The summed E-state index contributed by atoms with van der Waals surface area (Å²) in [4.78, 5) is 4.88. The van der Waals surface area contributed by atoms with Crippen molar-refractivity contribution in [1.29, 1.82) is 0 Å².